The minimum Gasteiger partial charge on any atom is -0.478 e. The van der Waals surface area contributed by atoms with Crippen LogP contribution in [-0.2, 0) is 0 Å². The third kappa shape index (κ3) is 3.21. The Morgan fingerprint density at radius 2 is 2.16 bits per heavy atom. The second kappa shape index (κ2) is 5.54. The normalized spacial score (nSPS) is 10.3. The second-order valence-corrected chi connectivity index (χ2v) is 4.81. The molecule has 0 aliphatic heterocycles. The van der Waals surface area contributed by atoms with Gasteiger partial charge in [-0.3, -0.25) is 0 Å². The van der Waals surface area contributed by atoms with Crippen LogP contribution in [0.4, 0.5) is 4.39 Å². The zero-order valence-electron chi connectivity index (χ0n) is 9.23. The summed E-state index contributed by atoms with van der Waals surface area (Å²) in [6.07, 6.45) is 1.48. The maximum atomic E-state index is 13.4. The molecule has 4 nitrogen and oxygen atoms in total. The molecular weight excluding hydrogens is 340 g/mol. The van der Waals surface area contributed by atoms with E-state index in [0.29, 0.717) is 4.47 Å². The number of hydrogen-bond donors (Lipinski definition) is 1. The van der Waals surface area contributed by atoms with Crippen LogP contribution in [0.3, 0.4) is 0 Å². The predicted octanol–water partition coefficient (Wildman–Crippen LogP) is 4.13. The molecule has 1 aromatic carbocycles. The Hall–Kier alpha value is -1.66. The van der Waals surface area contributed by atoms with Gasteiger partial charge in [-0.1, -0.05) is 11.6 Å². The van der Waals surface area contributed by atoms with E-state index in [1.165, 1.54) is 12.3 Å². The van der Waals surface area contributed by atoms with E-state index < -0.39 is 17.3 Å². The number of pyridine rings is 1. The van der Waals surface area contributed by atoms with Gasteiger partial charge in [0.2, 0.25) is 5.88 Å². The van der Waals surface area contributed by atoms with Gasteiger partial charge in [0.25, 0.3) is 0 Å². The van der Waals surface area contributed by atoms with Crippen LogP contribution in [0.15, 0.2) is 34.9 Å². The standard InChI is InChI=1S/C12H6BrClFNO3/c13-6-3-9(14)11(16-5-6)19-7-1-2-8(12(17)18)10(15)4-7/h1-5H,(H,17,18). The van der Waals surface area contributed by atoms with Crippen LogP contribution in [0.25, 0.3) is 0 Å². The smallest absolute Gasteiger partial charge is 0.338 e. The highest BCUT2D eigenvalue weighted by Gasteiger charge is 2.12. The van der Waals surface area contributed by atoms with E-state index >= 15 is 0 Å². The molecule has 0 atom stereocenters. The molecule has 7 heteroatoms. The molecule has 2 aromatic rings. The van der Waals surface area contributed by atoms with E-state index in [4.69, 9.17) is 21.4 Å². The molecule has 1 N–H and O–H groups in total. The van der Waals surface area contributed by atoms with Gasteiger partial charge in [0.1, 0.15) is 16.6 Å². The Kier molecular flexibility index (Phi) is 4.01. The summed E-state index contributed by atoms with van der Waals surface area (Å²) in [5.74, 6) is -2.02. The van der Waals surface area contributed by atoms with Gasteiger partial charge < -0.3 is 9.84 Å². The summed E-state index contributed by atoms with van der Waals surface area (Å²) in [6, 6.07) is 4.97. The molecule has 0 amide bonds. The van der Waals surface area contributed by atoms with Crippen LogP contribution >= 0.6 is 27.5 Å². The Bertz CT molecular complexity index is 651. The minimum absolute atomic E-state index is 0.104. The number of benzene rings is 1. The maximum Gasteiger partial charge on any atom is 0.338 e. The zero-order chi connectivity index (χ0) is 14.0. The summed E-state index contributed by atoms with van der Waals surface area (Å²) >= 11 is 9.09. The van der Waals surface area contributed by atoms with Crippen LogP contribution in [-0.4, -0.2) is 16.1 Å². The molecule has 0 aliphatic carbocycles. The number of rotatable bonds is 3. The number of hydrogen-bond acceptors (Lipinski definition) is 3. The fraction of sp³-hybridized carbons (Fsp3) is 0. The SMILES string of the molecule is O=C(O)c1ccc(Oc2ncc(Br)cc2Cl)cc1F. The first-order valence-corrected chi connectivity index (χ1v) is 6.16. The summed E-state index contributed by atoms with van der Waals surface area (Å²) in [5.41, 5.74) is -0.429. The molecule has 0 spiro atoms. The van der Waals surface area contributed by atoms with Gasteiger partial charge in [-0.15, -0.1) is 0 Å². The Morgan fingerprint density at radius 3 is 2.74 bits per heavy atom. The summed E-state index contributed by atoms with van der Waals surface area (Å²) in [4.78, 5) is 14.6. The molecule has 0 saturated heterocycles. The van der Waals surface area contributed by atoms with E-state index in [9.17, 15) is 9.18 Å². The van der Waals surface area contributed by atoms with Crippen LogP contribution in [0, 0.1) is 5.82 Å². The van der Waals surface area contributed by atoms with Crippen LogP contribution in [0.1, 0.15) is 10.4 Å². The summed E-state index contributed by atoms with van der Waals surface area (Å²) in [6.45, 7) is 0. The lowest BCUT2D eigenvalue weighted by Crippen LogP contribution is -2.00. The van der Waals surface area contributed by atoms with E-state index in [2.05, 4.69) is 20.9 Å². The van der Waals surface area contributed by atoms with E-state index in [0.717, 1.165) is 12.1 Å². The molecule has 98 valence electrons. The first-order chi connectivity index (χ1) is 8.97. The van der Waals surface area contributed by atoms with Gasteiger partial charge in [-0.25, -0.2) is 14.2 Å². The monoisotopic (exact) mass is 345 g/mol. The van der Waals surface area contributed by atoms with Gasteiger partial charge in [0.15, 0.2) is 0 Å². The third-order valence-corrected chi connectivity index (χ3v) is 2.86. The van der Waals surface area contributed by atoms with Gasteiger partial charge in [0, 0.05) is 16.7 Å². The largest absolute Gasteiger partial charge is 0.478 e. The molecule has 19 heavy (non-hydrogen) atoms. The molecular formula is C12H6BrClFNO3. The number of ether oxygens (including phenoxy) is 1. The average Bonchev–Trinajstić information content (AvgIpc) is 2.32. The highest BCUT2D eigenvalue weighted by atomic mass is 79.9. The molecule has 0 fully saturated rings. The molecule has 0 unspecified atom stereocenters. The first-order valence-electron chi connectivity index (χ1n) is 4.99. The lowest BCUT2D eigenvalue weighted by molar-refractivity contribution is 0.0692. The highest BCUT2D eigenvalue weighted by molar-refractivity contribution is 9.10. The van der Waals surface area contributed by atoms with Crippen molar-refractivity contribution in [3.63, 3.8) is 0 Å². The van der Waals surface area contributed by atoms with E-state index in [1.54, 1.807) is 6.07 Å². The Labute approximate surface area is 120 Å². The van der Waals surface area contributed by atoms with Gasteiger partial charge in [-0.05, 0) is 34.1 Å². The number of nitrogens with zero attached hydrogens (tertiary/aromatic N) is 1. The topological polar surface area (TPSA) is 59.4 Å². The van der Waals surface area contributed by atoms with Crippen molar-refractivity contribution in [2.45, 2.75) is 0 Å². The van der Waals surface area contributed by atoms with Crippen molar-refractivity contribution in [1.29, 1.82) is 0 Å². The predicted molar refractivity (Wildman–Crippen MR) is 70.4 cm³/mol. The lowest BCUT2D eigenvalue weighted by Gasteiger charge is -2.07. The van der Waals surface area contributed by atoms with Crippen LogP contribution in [0.2, 0.25) is 5.02 Å². The van der Waals surface area contributed by atoms with E-state index in [-0.39, 0.29) is 16.7 Å². The van der Waals surface area contributed by atoms with Gasteiger partial charge in [0.05, 0.1) is 5.56 Å². The van der Waals surface area contributed by atoms with E-state index in [1.807, 2.05) is 0 Å². The maximum absolute atomic E-state index is 13.4. The molecule has 0 aliphatic rings. The second-order valence-electron chi connectivity index (χ2n) is 3.49. The van der Waals surface area contributed by atoms with Gasteiger partial charge >= 0.3 is 5.97 Å². The Morgan fingerprint density at radius 1 is 1.42 bits per heavy atom. The van der Waals surface area contributed by atoms with Crippen molar-refractivity contribution in [1.82, 2.24) is 4.98 Å². The number of carbonyl (C=O) groups is 1. The first kappa shape index (κ1) is 13.8. The molecule has 2 rings (SSSR count). The van der Waals surface area contributed by atoms with Crippen molar-refractivity contribution < 1.29 is 19.0 Å². The van der Waals surface area contributed by atoms with Crippen molar-refractivity contribution in [3.8, 4) is 11.6 Å². The summed E-state index contributed by atoms with van der Waals surface area (Å²) in [5, 5.41) is 8.95. The number of halogens is 3. The summed E-state index contributed by atoms with van der Waals surface area (Å²) in [7, 11) is 0. The number of carboxylic acids is 1. The van der Waals surface area contributed by atoms with Crippen molar-refractivity contribution in [2.75, 3.05) is 0 Å². The number of carboxylic acid groups (broad SMARTS) is 1. The van der Waals surface area contributed by atoms with Crippen molar-refractivity contribution in [3.05, 3.63) is 51.3 Å². The zero-order valence-corrected chi connectivity index (χ0v) is 11.6. The minimum atomic E-state index is -1.34. The lowest BCUT2D eigenvalue weighted by atomic mass is 10.2. The van der Waals surface area contributed by atoms with Crippen molar-refractivity contribution >= 4 is 33.5 Å². The van der Waals surface area contributed by atoms with Gasteiger partial charge in [-0.2, -0.15) is 0 Å². The molecule has 0 saturated carbocycles. The Balaban J connectivity index is 2.29. The molecule has 1 aromatic heterocycles. The fourth-order valence-electron chi connectivity index (χ4n) is 1.32. The molecule has 0 bridgehead atoms. The average molecular weight is 347 g/mol. The quantitative estimate of drug-likeness (QED) is 0.908. The third-order valence-electron chi connectivity index (χ3n) is 2.16. The van der Waals surface area contributed by atoms with Crippen LogP contribution < -0.4 is 4.74 Å². The summed E-state index contributed by atoms with van der Waals surface area (Å²) < 4.78 is 19.4. The molecule has 1 heterocycles. The number of aromatic carboxylic acids is 1. The van der Waals surface area contributed by atoms with Crippen LogP contribution in [0.5, 0.6) is 11.6 Å². The number of aromatic nitrogens is 1. The molecule has 0 radical (unpaired) electrons. The highest BCUT2D eigenvalue weighted by Crippen LogP contribution is 2.29. The fourth-order valence-corrected chi connectivity index (χ4v) is 1.99. The van der Waals surface area contributed by atoms with Crippen molar-refractivity contribution in [2.24, 2.45) is 0 Å².